The summed E-state index contributed by atoms with van der Waals surface area (Å²) in [4.78, 5) is 22.7. The fraction of sp³-hybridized carbons (Fsp3) is 0.316. The number of fused-ring (bicyclic) bond motifs is 1. The van der Waals surface area contributed by atoms with E-state index in [1.54, 1.807) is 9.30 Å². The van der Waals surface area contributed by atoms with Gasteiger partial charge in [-0.3, -0.25) is 9.20 Å². The summed E-state index contributed by atoms with van der Waals surface area (Å²) in [6, 6.07) is 7.68. The topological polar surface area (TPSA) is 59.7 Å². The molecule has 0 atom stereocenters. The number of nitrogens with zero attached hydrogens (tertiary/aromatic N) is 4. The average Bonchev–Trinajstić information content (AvgIpc) is 3.05. The van der Waals surface area contributed by atoms with Gasteiger partial charge in [-0.15, -0.1) is 0 Å². The number of ether oxygens (including phenoxy) is 1. The van der Waals surface area contributed by atoms with Crippen LogP contribution in [0, 0.1) is 0 Å². The molecule has 0 radical (unpaired) electrons. The third-order valence-electron chi connectivity index (χ3n) is 4.75. The first-order valence-electron chi connectivity index (χ1n) is 8.94. The van der Waals surface area contributed by atoms with Gasteiger partial charge in [0.25, 0.3) is 5.91 Å². The molecule has 29 heavy (non-hydrogen) atoms. The van der Waals surface area contributed by atoms with E-state index in [0.717, 1.165) is 12.3 Å². The number of hydrogen-bond donors (Lipinski definition) is 0. The Bertz CT molecular complexity index is 1030. The first kappa shape index (κ1) is 19.7. The maximum Gasteiger partial charge on any atom is 0.417 e. The van der Waals surface area contributed by atoms with Gasteiger partial charge < -0.3 is 9.64 Å². The first-order chi connectivity index (χ1) is 13.8. The van der Waals surface area contributed by atoms with E-state index in [4.69, 9.17) is 4.74 Å². The molecule has 3 aromatic rings. The van der Waals surface area contributed by atoms with Crippen LogP contribution in [-0.2, 0) is 6.18 Å². The summed E-state index contributed by atoms with van der Waals surface area (Å²) in [6.45, 7) is 0.925. The van der Waals surface area contributed by atoms with Gasteiger partial charge in [0.05, 0.1) is 5.56 Å². The molecule has 0 saturated carbocycles. The number of amides is 1. The van der Waals surface area contributed by atoms with Crippen LogP contribution in [0.4, 0.5) is 13.2 Å². The second-order valence-electron chi connectivity index (χ2n) is 6.67. The highest BCUT2D eigenvalue weighted by molar-refractivity contribution is 9.10. The Labute approximate surface area is 172 Å². The Morgan fingerprint density at radius 1 is 1.17 bits per heavy atom. The Morgan fingerprint density at radius 2 is 1.93 bits per heavy atom. The second-order valence-corrected chi connectivity index (χ2v) is 7.42. The Hall–Kier alpha value is -2.62. The van der Waals surface area contributed by atoms with E-state index in [2.05, 4.69) is 25.9 Å². The largest absolute Gasteiger partial charge is 0.474 e. The molecule has 4 rings (SSSR count). The molecule has 0 N–H and O–H groups in total. The first-order valence-corrected chi connectivity index (χ1v) is 9.74. The lowest BCUT2D eigenvalue weighted by atomic mass is 10.1. The number of piperidine rings is 1. The maximum absolute atomic E-state index is 12.8. The van der Waals surface area contributed by atoms with Crippen LogP contribution in [0.3, 0.4) is 0 Å². The summed E-state index contributed by atoms with van der Waals surface area (Å²) in [5, 5.41) is 0. The molecule has 1 aliphatic heterocycles. The fourth-order valence-corrected chi connectivity index (χ4v) is 3.78. The molecule has 10 heteroatoms. The SMILES string of the molecule is O=C(c1nc2ccccn2c1Br)N1CCC(Oc2ccc(C(F)(F)F)cn2)CC1. The van der Waals surface area contributed by atoms with Gasteiger partial charge in [-0.1, -0.05) is 6.07 Å². The van der Waals surface area contributed by atoms with Gasteiger partial charge in [-0.05, 0) is 34.1 Å². The number of rotatable bonds is 3. The predicted octanol–water partition coefficient (Wildman–Crippen LogP) is 4.19. The van der Waals surface area contributed by atoms with Gasteiger partial charge in [0.2, 0.25) is 5.88 Å². The van der Waals surface area contributed by atoms with Crippen molar-refractivity contribution in [2.45, 2.75) is 25.1 Å². The highest BCUT2D eigenvalue weighted by atomic mass is 79.9. The molecule has 0 unspecified atom stereocenters. The van der Waals surface area contributed by atoms with Gasteiger partial charge in [-0.25, -0.2) is 9.97 Å². The number of imidazole rings is 1. The molecule has 0 aromatic carbocycles. The van der Waals surface area contributed by atoms with Gasteiger partial charge in [-0.2, -0.15) is 13.2 Å². The van der Waals surface area contributed by atoms with Gasteiger partial charge in [0, 0.05) is 44.4 Å². The van der Waals surface area contributed by atoms with Crippen LogP contribution >= 0.6 is 15.9 Å². The number of carbonyl (C=O) groups is 1. The van der Waals surface area contributed by atoms with Crippen molar-refractivity contribution in [3.63, 3.8) is 0 Å². The van der Waals surface area contributed by atoms with Gasteiger partial charge in [0.15, 0.2) is 5.69 Å². The lowest BCUT2D eigenvalue weighted by Crippen LogP contribution is -2.42. The zero-order valence-electron chi connectivity index (χ0n) is 15.1. The number of likely N-dealkylation sites (tertiary alicyclic amines) is 1. The van der Waals surface area contributed by atoms with Crippen molar-refractivity contribution in [1.29, 1.82) is 0 Å². The molecule has 152 valence electrons. The highest BCUT2D eigenvalue weighted by Crippen LogP contribution is 2.30. The van der Waals surface area contributed by atoms with E-state index in [0.29, 0.717) is 41.9 Å². The van der Waals surface area contributed by atoms with E-state index in [1.165, 1.54) is 6.07 Å². The molecule has 3 aromatic heterocycles. The van der Waals surface area contributed by atoms with Crippen LogP contribution in [0.1, 0.15) is 28.9 Å². The van der Waals surface area contributed by atoms with Crippen LogP contribution < -0.4 is 4.74 Å². The molecule has 6 nitrogen and oxygen atoms in total. The molecule has 1 aliphatic rings. The molecule has 0 spiro atoms. The number of halogens is 4. The predicted molar refractivity (Wildman–Crippen MR) is 102 cm³/mol. The van der Waals surface area contributed by atoms with Gasteiger partial charge in [0.1, 0.15) is 16.4 Å². The lowest BCUT2D eigenvalue weighted by Gasteiger charge is -2.31. The standard InChI is InChI=1S/C19H16BrF3N4O2/c20-17-16(25-14-3-1-2-8-27(14)17)18(28)26-9-6-13(7-10-26)29-15-5-4-12(11-24-15)19(21,22)23/h1-5,8,11,13H,6-7,9-10H2. The second kappa shape index (κ2) is 7.66. The zero-order valence-corrected chi connectivity index (χ0v) is 16.7. The van der Waals surface area contributed by atoms with Gasteiger partial charge >= 0.3 is 6.18 Å². The van der Waals surface area contributed by atoms with Crippen molar-refractivity contribution in [2.75, 3.05) is 13.1 Å². The monoisotopic (exact) mass is 468 g/mol. The van der Waals surface area contributed by atoms with E-state index >= 15 is 0 Å². The van der Waals surface area contributed by atoms with Crippen molar-refractivity contribution in [3.05, 3.63) is 58.6 Å². The Balaban J connectivity index is 1.37. The maximum atomic E-state index is 12.8. The van der Waals surface area contributed by atoms with E-state index in [-0.39, 0.29) is 17.9 Å². The van der Waals surface area contributed by atoms with Crippen molar-refractivity contribution in [2.24, 2.45) is 0 Å². The quantitative estimate of drug-likeness (QED) is 0.578. The molecular weight excluding hydrogens is 453 g/mol. The number of pyridine rings is 2. The third-order valence-corrected chi connectivity index (χ3v) is 5.51. The highest BCUT2D eigenvalue weighted by Gasteiger charge is 2.31. The van der Waals surface area contributed by atoms with Crippen LogP contribution in [0.2, 0.25) is 0 Å². The van der Waals surface area contributed by atoms with Crippen molar-refractivity contribution in [3.8, 4) is 5.88 Å². The number of alkyl halides is 3. The minimum atomic E-state index is -4.43. The van der Waals surface area contributed by atoms with E-state index in [1.807, 2.05) is 24.4 Å². The molecular formula is C19H16BrF3N4O2. The van der Waals surface area contributed by atoms with Crippen molar-refractivity contribution in [1.82, 2.24) is 19.3 Å². The van der Waals surface area contributed by atoms with Crippen LogP contribution in [-0.4, -0.2) is 44.4 Å². The van der Waals surface area contributed by atoms with Crippen LogP contribution in [0.25, 0.3) is 5.65 Å². The summed E-state index contributed by atoms with van der Waals surface area (Å²) >= 11 is 3.43. The molecule has 4 heterocycles. The van der Waals surface area contributed by atoms with E-state index < -0.39 is 11.7 Å². The summed E-state index contributed by atoms with van der Waals surface area (Å²) < 4.78 is 45.9. The summed E-state index contributed by atoms with van der Waals surface area (Å²) in [7, 11) is 0. The molecule has 0 bridgehead atoms. The number of hydrogen-bond acceptors (Lipinski definition) is 4. The van der Waals surface area contributed by atoms with E-state index in [9.17, 15) is 18.0 Å². The lowest BCUT2D eigenvalue weighted by molar-refractivity contribution is -0.137. The van der Waals surface area contributed by atoms with Crippen molar-refractivity contribution < 1.29 is 22.7 Å². The van der Waals surface area contributed by atoms with Crippen molar-refractivity contribution >= 4 is 27.5 Å². The zero-order chi connectivity index (χ0) is 20.6. The summed E-state index contributed by atoms with van der Waals surface area (Å²) in [5.74, 6) is -0.0300. The average molecular weight is 469 g/mol. The molecule has 1 amide bonds. The third kappa shape index (κ3) is 4.07. The fourth-order valence-electron chi connectivity index (χ4n) is 3.22. The summed E-state index contributed by atoms with van der Waals surface area (Å²) in [6.07, 6.45) is -0.954. The Morgan fingerprint density at radius 3 is 2.55 bits per heavy atom. The molecule has 0 aliphatic carbocycles. The number of aromatic nitrogens is 3. The number of carbonyl (C=O) groups excluding carboxylic acids is 1. The Kier molecular flexibility index (Phi) is 5.20. The minimum absolute atomic E-state index is 0.144. The minimum Gasteiger partial charge on any atom is -0.474 e. The van der Waals surface area contributed by atoms with Crippen LogP contribution in [0.5, 0.6) is 5.88 Å². The molecule has 1 fully saturated rings. The summed E-state index contributed by atoms with van der Waals surface area (Å²) in [5.41, 5.74) is 0.206. The smallest absolute Gasteiger partial charge is 0.417 e. The van der Waals surface area contributed by atoms with Crippen LogP contribution in [0.15, 0.2) is 47.3 Å². The molecule has 1 saturated heterocycles. The normalized spacial score (nSPS) is 15.7.